The summed E-state index contributed by atoms with van der Waals surface area (Å²) in [6, 6.07) is 0. The molecule has 0 aliphatic heterocycles. The van der Waals surface area contributed by atoms with Crippen molar-refractivity contribution in [2.45, 2.75) is 6.92 Å². The van der Waals surface area contributed by atoms with Crippen LogP contribution in [-0.2, 0) is 9.53 Å². The van der Waals surface area contributed by atoms with Crippen LogP contribution in [0, 0.1) is 11.3 Å². The lowest BCUT2D eigenvalue weighted by atomic mass is 9.97. The summed E-state index contributed by atoms with van der Waals surface area (Å²) >= 11 is 8.45. The molecule has 0 saturated heterocycles. The first-order valence-corrected chi connectivity index (χ1v) is 6.11. The quantitative estimate of drug-likeness (QED) is 0.572. The van der Waals surface area contributed by atoms with Crippen LogP contribution in [0.4, 0.5) is 0 Å². The summed E-state index contributed by atoms with van der Waals surface area (Å²) in [4.78, 5) is 11.5. The number of hydrogen-bond acceptors (Lipinski definition) is 4. The summed E-state index contributed by atoms with van der Waals surface area (Å²) in [6.07, 6.45) is 7.34. The SMILES string of the molecule is CC(CS)(CS)COC(=O)C1C=CC=C1. The molecular formula is C11H16O2S2. The monoisotopic (exact) mass is 244 g/mol. The van der Waals surface area contributed by atoms with E-state index in [4.69, 9.17) is 4.74 Å². The molecule has 4 heteroatoms. The number of carbonyl (C=O) groups excluding carboxylic acids is 1. The Bertz CT molecular complexity index is 268. The van der Waals surface area contributed by atoms with Gasteiger partial charge in [0.1, 0.15) is 0 Å². The van der Waals surface area contributed by atoms with Crippen molar-refractivity contribution >= 4 is 31.2 Å². The van der Waals surface area contributed by atoms with Crippen molar-refractivity contribution < 1.29 is 9.53 Å². The van der Waals surface area contributed by atoms with E-state index in [0.29, 0.717) is 18.1 Å². The van der Waals surface area contributed by atoms with Crippen LogP contribution >= 0.6 is 25.3 Å². The molecular weight excluding hydrogens is 228 g/mol. The smallest absolute Gasteiger partial charge is 0.316 e. The second kappa shape index (κ2) is 5.66. The van der Waals surface area contributed by atoms with Crippen molar-refractivity contribution in [2.75, 3.05) is 18.1 Å². The predicted molar refractivity (Wildman–Crippen MR) is 68.5 cm³/mol. The third-order valence-corrected chi connectivity index (χ3v) is 3.87. The van der Waals surface area contributed by atoms with Crippen LogP contribution in [0.1, 0.15) is 6.92 Å². The molecule has 0 saturated carbocycles. The lowest BCUT2D eigenvalue weighted by Gasteiger charge is -2.25. The van der Waals surface area contributed by atoms with Crippen molar-refractivity contribution in [1.82, 2.24) is 0 Å². The Balaban J connectivity index is 2.39. The van der Waals surface area contributed by atoms with Gasteiger partial charge in [0.05, 0.1) is 12.5 Å². The van der Waals surface area contributed by atoms with Crippen molar-refractivity contribution in [1.29, 1.82) is 0 Å². The summed E-state index contributed by atoms with van der Waals surface area (Å²) in [7, 11) is 0. The molecule has 2 nitrogen and oxygen atoms in total. The van der Waals surface area contributed by atoms with E-state index in [1.54, 1.807) is 0 Å². The molecule has 84 valence electrons. The van der Waals surface area contributed by atoms with Gasteiger partial charge in [0, 0.05) is 5.41 Å². The van der Waals surface area contributed by atoms with E-state index < -0.39 is 0 Å². The Labute approximate surface area is 102 Å². The van der Waals surface area contributed by atoms with E-state index in [2.05, 4.69) is 25.3 Å². The number of thiol groups is 2. The highest BCUT2D eigenvalue weighted by Gasteiger charge is 2.25. The van der Waals surface area contributed by atoms with Gasteiger partial charge in [-0.1, -0.05) is 31.2 Å². The Morgan fingerprint density at radius 3 is 2.33 bits per heavy atom. The van der Waals surface area contributed by atoms with Crippen LogP contribution in [0.25, 0.3) is 0 Å². The lowest BCUT2D eigenvalue weighted by Crippen LogP contribution is -2.30. The summed E-state index contributed by atoms with van der Waals surface area (Å²) in [6.45, 7) is 2.37. The third kappa shape index (κ3) is 3.61. The second-order valence-electron chi connectivity index (χ2n) is 4.03. The zero-order valence-corrected chi connectivity index (χ0v) is 10.5. The molecule has 0 aromatic heterocycles. The van der Waals surface area contributed by atoms with Gasteiger partial charge in [0.15, 0.2) is 0 Å². The minimum Gasteiger partial charge on any atom is -0.464 e. The lowest BCUT2D eigenvalue weighted by molar-refractivity contribution is -0.147. The van der Waals surface area contributed by atoms with Crippen molar-refractivity contribution in [3.05, 3.63) is 24.3 Å². The van der Waals surface area contributed by atoms with E-state index in [9.17, 15) is 4.79 Å². The number of carbonyl (C=O) groups is 1. The zero-order valence-electron chi connectivity index (χ0n) is 8.72. The van der Waals surface area contributed by atoms with Gasteiger partial charge in [-0.05, 0) is 11.5 Å². The highest BCUT2D eigenvalue weighted by atomic mass is 32.1. The summed E-state index contributed by atoms with van der Waals surface area (Å²) < 4.78 is 5.23. The molecule has 0 spiro atoms. The molecule has 0 fully saturated rings. The van der Waals surface area contributed by atoms with Gasteiger partial charge in [0.25, 0.3) is 0 Å². The number of hydrogen-bond donors (Lipinski definition) is 2. The molecule has 0 unspecified atom stereocenters. The fourth-order valence-corrected chi connectivity index (χ4v) is 1.65. The van der Waals surface area contributed by atoms with E-state index in [1.165, 1.54) is 0 Å². The molecule has 0 atom stereocenters. The molecule has 0 aromatic rings. The Morgan fingerprint density at radius 2 is 1.87 bits per heavy atom. The molecule has 0 amide bonds. The van der Waals surface area contributed by atoms with Gasteiger partial charge < -0.3 is 4.74 Å². The van der Waals surface area contributed by atoms with E-state index in [0.717, 1.165) is 0 Å². The van der Waals surface area contributed by atoms with Crippen LogP contribution in [0.5, 0.6) is 0 Å². The standard InChI is InChI=1S/C11H16O2S2/c1-11(7-14,8-15)6-13-10(12)9-4-2-3-5-9/h2-5,9,14-15H,6-8H2,1H3. The molecule has 0 heterocycles. The number of allylic oxidation sites excluding steroid dienone is 2. The van der Waals surface area contributed by atoms with Gasteiger partial charge in [-0.3, -0.25) is 4.79 Å². The molecule has 1 aliphatic rings. The minimum atomic E-state index is -0.214. The second-order valence-corrected chi connectivity index (χ2v) is 4.66. The van der Waals surface area contributed by atoms with E-state index >= 15 is 0 Å². The molecule has 0 N–H and O–H groups in total. The zero-order chi connectivity index (χ0) is 11.3. The van der Waals surface area contributed by atoms with E-state index in [1.807, 2.05) is 31.2 Å². The predicted octanol–water partition coefficient (Wildman–Crippen LogP) is 2.14. The highest BCUT2D eigenvalue weighted by Crippen LogP contribution is 2.21. The molecule has 15 heavy (non-hydrogen) atoms. The summed E-state index contributed by atoms with van der Waals surface area (Å²) in [5, 5.41) is 0. The van der Waals surface area contributed by atoms with Crippen molar-refractivity contribution in [2.24, 2.45) is 11.3 Å². The largest absolute Gasteiger partial charge is 0.464 e. The summed E-state index contributed by atoms with van der Waals surface area (Å²) in [5.41, 5.74) is -0.145. The normalized spacial score (nSPS) is 15.9. The van der Waals surface area contributed by atoms with Crippen LogP contribution in [0.15, 0.2) is 24.3 Å². The van der Waals surface area contributed by atoms with Crippen molar-refractivity contribution in [3.8, 4) is 0 Å². The maximum absolute atomic E-state index is 11.5. The molecule has 1 rings (SSSR count). The molecule has 1 aliphatic carbocycles. The Hall–Kier alpha value is -0.350. The van der Waals surface area contributed by atoms with E-state index in [-0.39, 0.29) is 17.3 Å². The average molecular weight is 244 g/mol. The van der Waals surface area contributed by atoms with Crippen LogP contribution in [-0.4, -0.2) is 24.1 Å². The Morgan fingerprint density at radius 1 is 1.33 bits per heavy atom. The third-order valence-electron chi connectivity index (χ3n) is 2.35. The first-order chi connectivity index (χ1) is 7.11. The summed E-state index contributed by atoms with van der Waals surface area (Å²) in [5.74, 6) is 0.893. The minimum absolute atomic E-state index is 0.145. The first kappa shape index (κ1) is 12.7. The number of esters is 1. The molecule has 0 aromatic carbocycles. The highest BCUT2D eigenvalue weighted by molar-refractivity contribution is 7.81. The van der Waals surface area contributed by atoms with Gasteiger partial charge in [-0.2, -0.15) is 25.3 Å². The maximum Gasteiger partial charge on any atom is 0.316 e. The first-order valence-electron chi connectivity index (χ1n) is 4.85. The molecule has 0 radical (unpaired) electrons. The van der Waals surface area contributed by atoms with Crippen LogP contribution < -0.4 is 0 Å². The van der Waals surface area contributed by atoms with Crippen LogP contribution in [0.3, 0.4) is 0 Å². The van der Waals surface area contributed by atoms with Gasteiger partial charge >= 0.3 is 5.97 Å². The van der Waals surface area contributed by atoms with Gasteiger partial charge in [-0.15, -0.1) is 0 Å². The van der Waals surface area contributed by atoms with Crippen molar-refractivity contribution in [3.63, 3.8) is 0 Å². The molecule has 0 bridgehead atoms. The fraction of sp³-hybridized carbons (Fsp3) is 0.545. The topological polar surface area (TPSA) is 26.3 Å². The van der Waals surface area contributed by atoms with Gasteiger partial charge in [-0.25, -0.2) is 0 Å². The van der Waals surface area contributed by atoms with Gasteiger partial charge in [0.2, 0.25) is 0 Å². The average Bonchev–Trinajstić information content (AvgIpc) is 2.79. The fourth-order valence-electron chi connectivity index (χ4n) is 1.07. The number of ether oxygens (including phenoxy) is 1. The number of rotatable bonds is 5. The maximum atomic E-state index is 11.5. The Kier molecular flexibility index (Phi) is 4.80. The van der Waals surface area contributed by atoms with Crippen LogP contribution in [0.2, 0.25) is 0 Å².